The molecule has 2 aliphatic rings. The number of carbonyl (C=O) groups excluding carboxylic acids is 1. The van der Waals surface area contributed by atoms with Gasteiger partial charge in [-0.05, 0) is 53.7 Å². The number of urea groups is 1. The number of hydrogen-bond acceptors (Lipinski definition) is 3. The number of piperidine rings is 1. The van der Waals surface area contributed by atoms with Crippen LogP contribution in [0, 0.1) is 0 Å². The van der Waals surface area contributed by atoms with E-state index in [0.29, 0.717) is 24.1 Å². The van der Waals surface area contributed by atoms with Gasteiger partial charge in [-0.1, -0.05) is 0 Å². The minimum atomic E-state index is -0.248. The molecule has 0 aromatic carbocycles. The molecule has 2 bridgehead atoms. The molecule has 5 nitrogen and oxygen atoms in total. The third kappa shape index (κ3) is 2.65. The topological polar surface area (TPSA) is 65.7 Å². The molecule has 2 fully saturated rings. The van der Waals surface area contributed by atoms with Gasteiger partial charge in [0.2, 0.25) is 0 Å². The van der Waals surface area contributed by atoms with Crippen LogP contribution in [0.5, 0.6) is 0 Å². The van der Waals surface area contributed by atoms with E-state index in [9.17, 15) is 9.90 Å². The number of rotatable bonds is 2. The van der Waals surface area contributed by atoms with E-state index < -0.39 is 0 Å². The Morgan fingerprint density at radius 2 is 2.11 bits per heavy atom. The highest BCUT2D eigenvalue weighted by Crippen LogP contribution is 2.35. The van der Waals surface area contributed by atoms with Crippen LogP contribution in [-0.2, 0) is 6.54 Å². The van der Waals surface area contributed by atoms with Crippen LogP contribution in [0.15, 0.2) is 21.2 Å². The van der Waals surface area contributed by atoms with Crippen LogP contribution in [0.2, 0.25) is 0 Å². The summed E-state index contributed by atoms with van der Waals surface area (Å²) >= 11 is 3.23. The summed E-state index contributed by atoms with van der Waals surface area (Å²) in [6, 6.07) is 3.97. The maximum atomic E-state index is 12.2. The molecule has 2 saturated heterocycles. The van der Waals surface area contributed by atoms with E-state index in [-0.39, 0.29) is 24.2 Å². The molecule has 0 aliphatic carbocycles. The lowest BCUT2D eigenvalue weighted by Crippen LogP contribution is -2.51. The zero-order chi connectivity index (χ0) is 13.4. The molecule has 19 heavy (non-hydrogen) atoms. The first-order chi connectivity index (χ1) is 9.13. The molecule has 2 unspecified atom stereocenters. The first kappa shape index (κ1) is 13.0. The summed E-state index contributed by atoms with van der Waals surface area (Å²) in [5.74, 6) is 0.726. The molecule has 1 aromatic rings. The lowest BCUT2D eigenvalue weighted by Gasteiger charge is -2.37. The minimum absolute atomic E-state index is 0.0491. The monoisotopic (exact) mass is 328 g/mol. The van der Waals surface area contributed by atoms with Crippen LogP contribution in [0.3, 0.4) is 0 Å². The highest BCUT2D eigenvalue weighted by atomic mass is 79.9. The zero-order valence-corrected chi connectivity index (χ0v) is 12.1. The molecule has 2 atom stereocenters. The highest BCUT2D eigenvalue weighted by molar-refractivity contribution is 9.10. The average molecular weight is 329 g/mol. The summed E-state index contributed by atoms with van der Waals surface area (Å²) in [4.78, 5) is 14.1. The van der Waals surface area contributed by atoms with Crippen molar-refractivity contribution in [2.45, 2.75) is 50.4 Å². The second-order valence-electron chi connectivity index (χ2n) is 5.28. The average Bonchev–Trinajstić information content (AvgIpc) is 2.89. The lowest BCUT2D eigenvalue weighted by molar-refractivity contribution is 0.0540. The van der Waals surface area contributed by atoms with Crippen molar-refractivity contribution in [1.82, 2.24) is 10.2 Å². The van der Waals surface area contributed by atoms with Crippen LogP contribution in [0.1, 0.15) is 31.4 Å². The summed E-state index contributed by atoms with van der Waals surface area (Å²) in [6.07, 6.45) is 3.16. The second-order valence-corrected chi connectivity index (χ2v) is 6.06. The molecule has 0 saturated carbocycles. The number of amides is 2. The maximum Gasteiger partial charge on any atom is 0.318 e. The van der Waals surface area contributed by atoms with Gasteiger partial charge in [0.15, 0.2) is 4.67 Å². The fourth-order valence-corrected chi connectivity index (χ4v) is 3.52. The third-order valence-electron chi connectivity index (χ3n) is 3.99. The molecule has 3 heterocycles. The molecule has 2 amide bonds. The Morgan fingerprint density at radius 3 is 2.68 bits per heavy atom. The van der Waals surface area contributed by atoms with Crippen LogP contribution < -0.4 is 5.32 Å². The van der Waals surface area contributed by atoms with Crippen LogP contribution in [0.4, 0.5) is 4.79 Å². The Bertz CT molecular complexity index is 462. The van der Waals surface area contributed by atoms with Gasteiger partial charge in [-0.3, -0.25) is 0 Å². The van der Waals surface area contributed by atoms with Crippen LogP contribution in [0.25, 0.3) is 0 Å². The predicted octanol–water partition coefficient (Wildman–Crippen LogP) is 2.24. The van der Waals surface area contributed by atoms with Gasteiger partial charge in [0.25, 0.3) is 0 Å². The van der Waals surface area contributed by atoms with Gasteiger partial charge < -0.3 is 19.7 Å². The number of fused-ring (bicyclic) bond motifs is 2. The molecule has 1 aromatic heterocycles. The number of aliphatic hydroxyl groups excluding tert-OH is 1. The van der Waals surface area contributed by atoms with Crippen molar-refractivity contribution < 1.29 is 14.3 Å². The van der Waals surface area contributed by atoms with Crippen molar-refractivity contribution in [3.05, 3.63) is 22.6 Å². The minimum Gasteiger partial charge on any atom is -0.452 e. The SMILES string of the molecule is O=C(NCc1ccc(Br)o1)N1C2CCC1CC(O)C2. The van der Waals surface area contributed by atoms with E-state index >= 15 is 0 Å². The molecule has 0 radical (unpaired) electrons. The number of nitrogens with one attached hydrogen (secondary N) is 1. The number of halogens is 1. The molecule has 2 aliphatic heterocycles. The van der Waals surface area contributed by atoms with Gasteiger partial charge in [-0.15, -0.1) is 0 Å². The second kappa shape index (κ2) is 5.17. The summed E-state index contributed by atoms with van der Waals surface area (Å²) in [5.41, 5.74) is 0. The van der Waals surface area contributed by atoms with Gasteiger partial charge in [0.05, 0.1) is 12.6 Å². The first-order valence-electron chi connectivity index (χ1n) is 6.62. The van der Waals surface area contributed by atoms with E-state index in [2.05, 4.69) is 21.2 Å². The Kier molecular flexibility index (Phi) is 3.54. The number of carbonyl (C=O) groups is 1. The van der Waals surface area contributed by atoms with Gasteiger partial charge in [0, 0.05) is 12.1 Å². The van der Waals surface area contributed by atoms with E-state index in [1.165, 1.54) is 0 Å². The summed E-state index contributed by atoms with van der Waals surface area (Å²) in [7, 11) is 0. The van der Waals surface area contributed by atoms with E-state index in [4.69, 9.17) is 4.42 Å². The quantitative estimate of drug-likeness (QED) is 0.875. The Labute approximate surface area is 120 Å². The first-order valence-corrected chi connectivity index (χ1v) is 7.41. The van der Waals surface area contributed by atoms with E-state index in [1.807, 2.05) is 17.0 Å². The molecule has 104 valence electrons. The molecular weight excluding hydrogens is 312 g/mol. The smallest absolute Gasteiger partial charge is 0.318 e. The van der Waals surface area contributed by atoms with Crippen molar-refractivity contribution in [2.75, 3.05) is 0 Å². The van der Waals surface area contributed by atoms with Gasteiger partial charge in [-0.2, -0.15) is 0 Å². The van der Waals surface area contributed by atoms with Crippen LogP contribution in [-0.4, -0.2) is 34.2 Å². The van der Waals surface area contributed by atoms with Crippen LogP contribution >= 0.6 is 15.9 Å². The predicted molar refractivity (Wildman–Crippen MR) is 72.5 cm³/mol. The fraction of sp³-hybridized carbons (Fsp3) is 0.615. The molecule has 3 rings (SSSR count). The number of nitrogens with zero attached hydrogens (tertiary/aromatic N) is 1. The number of aliphatic hydroxyl groups is 1. The Morgan fingerprint density at radius 1 is 1.42 bits per heavy atom. The maximum absolute atomic E-state index is 12.2. The zero-order valence-electron chi connectivity index (χ0n) is 10.5. The Balaban J connectivity index is 1.59. The highest BCUT2D eigenvalue weighted by Gasteiger charge is 2.42. The van der Waals surface area contributed by atoms with Gasteiger partial charge in [0.1, 0.15) is 5.76 Å². The normalized spacial score (nSPS) is 29.6. The molecule has 6 heteroatoms. The summed E-state index contributed by atoms with van der Waals surface area (Å²) < 4.78 is 6.02. The largest absolute Gasteiger partial charge is 0.452 e. The van der Waals surface area contributed by atoms with Gasteiger partial charge >= 0.3 is 6.03 Å². The molecule has 2 N–H and O–H groups in total. The lowest BCUT2D eigenvalue weighted by atomic mass is 10.0. The summed E-state index contributed by atoms with van der Waals surface area (Å²) in [6.45, 7) is 0.392. The number of furan rings is 1. The van der Waals surface area contributed by atoms with Crippen molar-refractivity contribution in [1.29, 1.82) is 0 Å². The summed E-state index contributed by atoms with van der Waals surface area (Å²) in [5, 5.41) is 12.6. The fourth-order valence-electron chi connectivity index (χ4n) is 3.18. The molecular formula is C13H17BrN2O3. The van der Waals surface area contributed by atoms with Gasteiger partial charge in [-0.25, -0.2) is 4.79 Å². The third-order valence-corrected chi connectivity index (χ3v) is 4.41. The van der Waals surface area contributed by atoms with Crippen molar-refractivity contribution in [3.8, 4) is 0 Å². The van der Waals surface area contributed by atoms with Crippen molar-refractivity contribution in [3.63, 3.8) is 0 Å². The van der Waals surface area contributed by atoms with Crippen molar-refractivity contribution in [2.24, 2.45) is 0 Å². The Hall–Kier alpha value is -1.01. The standard InChI is InChI=1S/C13H17BrN2O3/c14-12-4-3-11(19-12)7-15-13(18)16-8-1-2-9(16)6-10(17)5-8/h3-4,8-10,17H,1-2,5-7H2,(H,15,18). The van der Waals surface area contributed by atoms with Crippen molar-refractivity contribution >= 4 is 22.0 Å². The molecule has 0 spiro atoms. The van der Waals surface area contributed by atoms with E-state index in [1.54, 1.807) is 0 Å². The van der Waals surface area contributed by atoms with E-state index in [0.717, 1.165) is 18.6 Å². The number of hydrogen-bond donors (Lipinski definition) is 2.